The SMILES string of the molecule is OC1CCC(F)c2cccnc21. The Balaban J connectivity index is 2.47. The lowest BCUT2D eigenvalue weighted by Crippen LogP contribution is -2.13. The number of aromatic nitrogens is 1. The van der Waals surface area contributed by atoms with E-state index in [9.17, 15) is 9.50 Å². The monoisotopic (exact) mass is 167 g/mol. The molecule has 1 aliphatic rings. The van der Waals surface area contributed by atoms with Gasteiger partial charge in [0, 0.05) is 11.8 Å². The standard InChI is InChI=1S/C9H10FNO/c10-7-3-4-8(12)9-6(7)2-1-5-11-9/h1-2,5,7-8,12H,3-4H2. The third-order valence-corrected chi connectivity index (χ3v) is 2.22. The van der Waals surface area contributed by atoms with Gasteiger partial charge in [-0.05, 0) is 18.9 Å². The molecule has 1 aliphatic carbocycles. The molecule has 0 spiro atoms. The van der Waals surface area contributed by atoms with Crippen LogP contribution >= 0.6 is 0 Å². The molecule has 0 saturated heterocycles. The molecule has 64 valence electrons. The Morgan fingerprint density at radius 3 is 3.08 bits per heavy atom. The number of aliphatic hydroxyl groups is 1. The molecule has 0 aliphatic heterocycles. The molecule has 0 radical (unpaired) electrons. The lowest BCUT2D eigenvalue weighted by atomic mass is 9.92. The number of alkyl halides is 1. The minimum atomic E-state index is -0.947. The van der Waals surface area contributed by atoms with E-state index in [0.29, 0.717) is 24.1 Å². The van der Waals surface area contributed by atoms with Crippen LogP contribution < -0.4 is 0 Å². The van der Waals surface area contributed by atoms with Crippen LogP contribution in [0.5, 0.6) is 0 Å². The van der Waals surface area contributed by atoms with Gasteiger partial charge in [0.2, 0.25) is 0 Å². The molecule has 2 rings (SSSR count). The van der Waals surface area contributed by atoms with Crippen LogP contribution in [0.15, 0.2) is 18.3 Å². The van der Waals surface area contributed by atoms with Crippen LogP contribution in [0.25, 0.3) is 0 Å². The van der Waals surface area contributed by atoms with Gasteiger partial charge in [0.25, 0.3) is 0 Å². The van der Waals surface area contributed by atoms with Crippen molar-refractivity contribution in [1.29, 1.82) is 0 Å². The lowest BCUT2D eigenvalue weighted by molar-refractivity contribution is 0.125. The summed E-state index contributed by atoms with van der Waals surface area (Å²) in [6.07, 6.45) is 0.941. The average Bonchev–Trinajstić information content (AvgIpc) is 2.12. The number of fused-ring (bicyclic) bond motifs is 1. The molecule has 1 N–H and O–H groups in total. The van der Waals surface area contributed by atoms with Crippen molar-refractivity contribution in [2.45, 2.75) is 25.1 Å². The van der Waals surface area contributed by atoms with Crippen molar-refractivity contribution in [3.63, 3.8) is 0 Å². The van der Waals surface area contributed by atoms with Crippen LogP contribution in [-0.4, -0.2) is 10.1 Å². The number of hydrogen-bond acceptors (Lipinski definition) is 2. The number of hydrogen-bond donors (Lipinski definition) is 1. The summed E-state index contributed by atoms with van der Waals surface area (Å²) in [5.74, 6) is 0. The highest BCUT2D eigenvalue weighted by Crippen LogP contribution is 2.36. The Bertz CT molecular complexity index is 261. The van der Waals surface area contributed by atoms with E-state index < -0.39 is 12.3 Å². The second kappa shape index (κ2) is 2.83. The van der Waals surface area contributed by atoms with E-state index in [2.05, 4.69) is 4.98 Å². The Labute approximate surface area is 70.1 Å². The van der Waals surface area contributed by atoms with Crippen molar-refractivity contribution in [2.75, 3.05) is 0 Å². The number of aliphatic hydroxyl groups excluding tert-OH is 1. The van der Waals surface area contributed by atoms with E-state index in [1.807, 2.05) is 0 Å². The molecular weight excluding hydrogens is 157 g/mol. The molecule has 2 nitrogen and oxygen atoms in total. The van der Waals surface area contributed by atoms with Crippen molar-refractivity contribution < 1.29 is 9.50 Å². The molecule has 1 heterocycles. The molecule has 0 bridgehead atoms. The summed E-state index contributed by atoms with van der Waals surface area (Å²) in [4.78, 5) is 3.96. The fourth-order valence-electron chi connectivity index (χ4n) is 1.57. The maximum Gasteiger partial charge on any atom is 0.127 e. The fourth-order valence-corrected chi connectivity index (χ4v) is 1.57. The summed E-state index contributed by atoms with van der Waals surface area (Å²) < 4.78 is 13.2. The minimum absolute atomic E-state index is 0.403. The van der Waals surface area contributed by atoms with Crippen LogP contribution in [0.4, 0.5) is 4.39 Å². The smallest absolute Gasteiger partial charge is 0.127 e. The molecule has 1 aromatic heterocycles. The second-order valence-corrected chi connectivity index (χ2v) is 3.04. The molecule has 1 aromatic rings. The van der Waals surface area contributed by atoms with Crippen molar-refractivity contribution in [3.05, 3.63) is 29.6 Å². The summed E-state index contributed by atoms with van der Waals surface area (Å²) in [5.41, 5.74) is 1.06. The highest BCUT2D eigenvalue weighted by molar-refractivity contribution is 5.26. The Kier molecular flexibility index (Phi) is 1.81. The van der Waals surface area contributed by atoms with Gasteiger partial charge in [-0.2, -0.15) is 0 Å². The molecule has 0 saturated carbocycles. The van der Waals surface area contributed by atoms with Crippen molar-refractivity contribution in [3.8, 4) is 0 Å². The normalized spacial score (nSPS) is 28.2. The third-order valence-electron chi connectivity index (χ3n) is 2.22. The topological polar surface area (TPSA) is 33.1 Å². The molecule has 2 unspecified atom stereocenters. The Morgan fingerprint density at radius 2 is 2.33 bits per heavy atom. The molecule has 0 aromatic carbocycles. The summed E-state index contributed by atoms with van der Waals surface area (Å²) in [5, 5.41) is 9.45. The molecular formula is C9H10FNO. The first-order chi connectivity index (χ1) is 5.79. The van der Waals surface area contributed by atoms with E-state index in [0.717, 1.165) is 0 Å². The van der Waals surface area contributed by atoms with Gasteiger partial charge in [0.15, 0.2) is 0 Å². The van der Waals surface area contributed by atoms with Gasteiger partial charge in [0.1, 0.15) is 6.17 Å². The summed E-state index contributed by atoms with van der Waals surface area (Å²) >= 11 is 0. The number of halogens is 1. The highest BCUT2D eigenvalue weighted by atomic mass is 19.1. The zero-order chi connectivity index (χ0) is 8.55. The quantitative estimate of drug-likeness (QED) is 0.640. The molecule has 0 amide bonds. The van der Waals surface area contributed by atoms with Gasteiger partial charge < -0.3 is 5.11 Å². The predicted octanol–water partition coefficient (Wildman–Crippen LogP) is 1.92. The van der Waals surface area contributed by atoms with Crippen molar-refractivity contribution >= 4 is 0 Å². The predicted molar refractivity (Wildman–Crippen MR) is 42.3 cm³/mol. The number of nitrogens with zero attached hydrogens (tertiary/aromatic N) is 1. The zero-order valence-corrected chi connectivity index (χ0v) is 6.57. The summed E-state index contributed by atoms with van der Waals surface area (Å²) in [6.45, 7) is 0. The van der Waals surface area contributed by atoms with Gasteiger partial charge in [-0.15, -0.1) is 0 Å². The number of rotatable bonds is 0. The first-order valence-electron chi connectivity index (χ1n) is 4.06. The highest BCUT2D eigenvalue weighted by Gasteiger charge is 2.26. The van der Waals surface area contributed by atoms with Crippen LogP contribution in [-0.2, 0) is 0 Å². The van der Waals surface area contributed by atoms with E-state index in [4.69, 9.17) is 0 Å². The summed E-state index contributed by atoms with van der Waals surface area (Å²) in [6, 6.07) is 3.39. The molecule has 2 atom stereocenters. The molecule has 0 fully saturated rings. The summed E-state index contributed by atoms with van der Waals surface area (Å²) in [7, 11) is 0. The minimum Gasteiger partial charge on any atom is -0.387 e. The van der Waals surface area contributed by atoms with Gasteiger partial charge >= 0.3 is 0 Å². The largest absolute Gasteiger partial charge is 0.387 e. The van der Waals surface area contributed by atoms with Crippen molar-refractivity contribution in [2.24, 2.45) is 0 Å². The number of pyridine rings is 1. The van der Waals surface area contributed by atoms with Crippen LogP contribution in [0.3, 0.4) is 0 Å². The van der Waals surface area contributed by atoms with Gasteiger partial charge in [-0.1, -0.05) is 6.07 Å². The third kappa shape index (κ3) is 1.10. The lowest BCUT2D eigenvalue weighted by Gasteiger charge is -2.22. The zero-order valence-electron chi connectivity index (χ0n) is 6.57. The molecule has 12 heavy (non-hydrogen) atoms. The van der Waals surface area contributed by atoms with E-state index >= 15 is 0 Å². The van der Waals surface area contributed by atoms with Gasteiger partial charge in [-0.25, -0.2) is 4.39 Å². The van der Waals surface area contributed by atoms with Gasteiger partial charge in [0.05, 0.1) is 11.8 Å². The first kappa shape index (κ1) is 7.68. The van der Waals surface area contributed by atoms with Gasteiger partial charge in [-0.3, -0.25) is 4.98 Å². The fraction of sp³-hybridized carbons (Fsp3) is 0.444. The van der Waals surface area contributed by atoms with Crippen LogP contribution in [0.1, 0.15) is 36.4 Å². The Hall–Kier alpha value is -0.960. The van der Waals surface area contributed by atoms with Crippen LogP contribution in [0.2, 0.25) is 0 Å². The van der Waals surface area contributed by atoms with Crippen molar-refractivity contribution in [1.82, 2.24) is 4.98 Å². The average molecular weight is 167 g/mol. The maximum absolute atomic E-state index is 13.2. The second-order valence-electron chi connectivity index (χ2n) is 3.04. The maximum atomic E-state index is 13.2. The first-order valence-corrected chi connectivity index (χ1v) is 4.06. The van der Waals surface area contributed by atoms with E-state index in [1.165, 1.54) is 0 Å². The van der Waals surface area contributed by atoms with E-state index in [-0.39, 0.29) is 0 Å². The Morgan fingerprint density at radius 1 is 1.50 bits per heavy atom. The van der Waals surface area contributed by atoms with Crippen LogP contribution in [0, 0.1) is 0 Å². The molecule has 3 heteroatoms. The van der Waals surface area contributed by atoms with E-state index in [1.54, 1.807) is 18.3 Å².